The maximum absolute atomic E-state index is 3.09. The van der Waals surface area contributed by atoms with Crippen molar-refractivity contribution in [2.24, 2.45) is 0 Å². The molecule has 0 amide bonds. The Morgan fingerprint density at radius 2 is 1.91 bits per heavy atom. The van der Waals surface area contributed by atoms with Crippen molar-refractivity contribution in [3.8, 4) is 0 Å². The number of hydrogen-bond donors (Lipinski definition) is 2. The molecule has 0 rings (SSSR count). The third-order valence-corrected chi connectivity index (χ3v) is 1.16. The van der Waals surface area contributed by atoms with E-state index in [4.69, 9.17) is 0 Å². The van der Waals surface area contributed by atoms with E-state index in [2.05, 4.69) is 30.7 Å². The van der Waals surface area contributed by atoms with Crippen LogP contribution in [0.25, 0.3) is 0 Å². The van der Waals surface area contributed by atoms with Gasteiger partial charge >= 0.3 is 0 Å². The van der Waals surface area contributed by atoms with Crippen LogP contribution in [0.15, 0.2) is 24.9 Å². The van der Waals surface area contributed by atoms with Crippen LogP contribution in [0.5, 0.6) is 0 Å². The highest BCUT2D eigenvalue weighted by Crippen LogP contribution is 1.94. The molecule has 0 aromatic heterocycles. The summed E-state index contributed by atoms with van der Waals surface area (Å²) in [7, 11) is 3.88. The summed E-state index contributed by atoms with van der Waals surface area (Å²) in [5.41, 5.74) is 1.38. The Balaban J connectivity index is 0. The summed E-state index contributed by atoms with van der Waals surface area (Å²) in [4.78, 5) is 0. The average molecular weight is 156 g/mol. The van der Waals surface area contributed by atoms with Gasteiger partial charge in [0.25, 0.3) is 0 Å². The van der Waals surface area contributed by atoms with Gasteiger partial charge in [-0.3, -0.25) is 0 Å². The Hall–Kier alpha value is -0.760. The molecule has 0 fully saturated rings. The minimum Gasteiger partial charge on any atom is -0.394 e. The molecule has 0 atom stereocenters. The Bertz CT molecular complexity index is 97.7. The van der Waals surface area contributed by atoms with Crippen molar-refractivity contribution in [1.82, 2.24) is 10.6 Å². The van der Waals surface area contributed by atoms with E-state index in [1.165, 1.54) is 5.57 Å². The zero-order valence-electron chi connectivity index (χ0n) is 7.91. The van der Waals surface area contributed by atoms with Crippen LogP contribution in [0.1, 0.15) is 13.3 Å². The molecule has 0 spiro atoms. The Kier molecular flexibility index (Phi) is 14.0. The first kappa shape index (κ1) is 12.9. The van der Waals surface area contributed by atoms with Gasteiger partial charge in [-0.2, -0.15) is 0 Å². The lowest BCUT2D eigenvalue weighted by atomic mass is 10.2. The first-order chi connectivity index (χ1) is 5.31. The molecule has 0 aromatic rings. The van der Waals surface area contributed by atoms with Crippen LogP contribution in [0.4, 0.5) is 0 Å². The van der Waals surface area contributed by atoms with Gasteiger partial charge in [-0.1, -0.05) is 5.57 Å². The Labute approximate surface area is 70.4 Å². The van der Waals surface area contributed by atoms with Crippen LogP contribution in [0.3, 0.4) is 0 Å². The fourth-order valence-electron chi connectivity index (χ4n) is 0.641. The minimum atomic E-state index is 1.06. The van der Waals surface area contributed by atoms with Gasteiger partial charge in [0.15, 0.2) is 0 Å². The molecule has 0 saturated heterocycles. The van der Waals surface area contributed by atoms with Gasteiger partial charge in [-0.05, 0) is 33.1 Å². The molecular weight excluding hydrogens is 136 g/mol. The maximum atomic E-state index is 3.09. The molecule has 2 nitrogen and oxygen atoms in total. The van der Waals surface area contributed by atoms with Crippen molar-refractivity contribution >= 4 is 0 Å². The summed E-state index contributed by atoms with van der Waals surface area (Å²) in [5.74, 6) is 0. The lowest BCUT2D eigenvalue weighted by molar-refractivity contribution is 0.780. The summed E-state index contributed by atoms with van der Waals surface area (Å²) in [5, 5.41) is 6.07. The second-order valence-electron chi connectivity index (χ2n) is 2.13. The highest BCUT2D eigenvalue weighted by Gasteiger charge is 1.84. The fourth-order valence-corrected chi connectivity index (χ4v) is 0.641. The topological polar surface area (TPSA) is 24.1 Å². The smallest absolute Gasteiger partial charge is 0.00276 e. The molecule has 0 aliphatic heterocycles. The highest BCUT2D eigenvalue weighted by molar-refractivity contribution is 4.95. The van der Waals surface area contributed by atoms with Gasteiger partial charge in [-0.25, -0.2) is 0 Å². The summed E-state index contributed by atoms with van der Waals surface area (Å²) in [6.45, 7) is 9.18. The van der Waals surface area contributed by atoms with Crippen molar-refractivity contribution < 1.29 is 0 Å². The zero-order chi connectivity index (χ0) is 9.11. The molecule has 2 N–H and O–H groups in total. The zero-order valence-corrected chi connectivity index (χ0v) is 7.91. The third-order valence-electron chi connectivity index (χ3n) is 1.16. The second-order valence-corrected chi connectivity index (χ2v) is 2.13. The summed E-state index contributed by atoms with van der Waals surface area (Å²) in [6.07, 6.45) is 3.15. The predicted octanol–water partition coefficient (Wildman–Crippen LogP) is 1.52. The molecule has 0 bridgehead atoms. The standard InChI is InChI=1S/C7H16N2.C2H4/c1-7(6-9-3)4-5-8-2;1-2/h6,8-9H,4-5H2,1-3H3;1-2H2/b7-6-;. The molecule has 0 aliphatic rings. The fraction of sp³-hybridized carbons (Fsp3) is 0.556. The first-order valence-corrected chi connectivity index (χ1v) is 3.78. The van der Waals surface area contributed by atoms with Gasteiger partial charge in [0.2, 0.25) is 0 Å². The van der Waals surface area contributed by atoms with E-state index in [9.17, 15) is 0 Å². The molecule has 2 heteroatoms. The minimum absolute atomic E-state index is 1.06. The van der Waals surface area contributed by atoms with Crippen LogP contribution in [0, 0.1) is 0 Å². The van der Waals surface area contributed by atoms with Crippen molar-refractivity contribution in [3.05, 3.63) is 24.9 Å². The van der Waals surface area contributed by atoms with E-state index in [0.717, 1.165) is 13.0 Å². The summed E-state index contributed by atoms with van der Waals surface area (Å²) in [6, 6.07) is 0. The Morgan fingerprint density at radius 1 is 1.36 bits per heavy atom. The second kappa shape index (κ2) is 12.0. The molecular formula is C9H20N2. The van der Waals surface area contributed by atoms with Crippen LogP contribution in [-0.4, -0.2) is 20.6 Å². The molecule has 0 aromatic carbocycles. The lowest BCUT2D eigenvalue weighted by Crippen LogP contribution is -2.08. The van der Waals surface area contributed by atoms with Gasteiger partial charge in [0.1, 0.15) is 0 Å². The van der Waals surface area contributed by atoms with Crippen LogP contribution in [0.2, 0.25) is 0 Å². The van der Waals surface area contributed by atoms with Crippen molar-refractivity contribution in [1.29, 1.82) is 0 Å². The van der Waals surface area contributed by atoms with Gasteiger partial charge in [0, 0.05) is 7.05 Å². The molecule has 0 saturated carbocycles. The van der Waals surface area contributed by atoms with Gasteiger partial charge in [0.05, 0.1) is 0 Å². The van der Waals surface area contributed by atoms with E-state index < -0.39 is 0 Å². The van der Waals surface area contributed by atoms with Crippen LogP contribution < -0.4 is 10.6 Å². The van der Waals surface area contributed by atoms with E-state index in [0.29, 0.717) is 0 Å². The molecule has 0 aliphatic carbocycles. The lowest BCUT2D eigenvalue weighted by Gasteiger charge is -1.98. The largest absolute Gasteiger partial charge is 0.394 e. The number of nitrogens with one attached hydrogen (secondary N) is 2. The predicted molar refractivity (Wildman–Crippen MR) is 52.6 cm³/mol. The SMILES string of the molecule is C=C.CN/C=C(/C)CCNC. The van der Waals surface area contributed by atoms with Crippen LogP contribution in [-0.2, 0) is 0 Å². The normalized spacial score (nSPS) is 9.91. The summed E-state index contributed by atoms with van der Waals surface area (Å²) >= 11 is 0. The van der Waals surface area contributed by atoms with Crippen molar-refractivity contribution in [2.45, 2.75) is 13.3 Å². The van der Waals surface area contributed by atoms with E-state index in [1.54, 1.807) is 0 Å². The molecule has 0 radical (unpaired) electrons. The average Bonchev–Trinajstić information content (AvgIpc) is 2.05. The third kappa shape index (κ3) is 12.4. The van der Waals surface area contributed by atoms with Gasteiger partial charge in [-0.15, -0.1) is 13.2 Å². The van der Waals surface area contributed by atoms with Crippen molar-refractivity contribution in [3.63, 3.8) is 0 Å². The maximum Gasteiger partial charge on any atom is 0.00276 e. The highest BCUT2D eigenvalue weighted by atomic mass is 14.8. The molecule has 0 heterocycles. The molecule has 11 heavy (non-hydrogen) atoms. The molecule has 0 unspecified atom stereocenters. The first-order valence-electron chi connectivity index (χ1n) is 3.78. The van der Waals surface area contributed by atoms with Crippen molar-refractivity contribution in [2.75, 3.05) is 20.6 Å². The number of rotatable bonds is 4. The van der Waals surface area contributed by atoms with E-state index in [1.807, 2.05) is 20.3 Å². The Morgan fingerprint density at radius 3 is 2.27 bits per heavy atom. The monoisotopic (exact) mass is 156 g/mol. The van der Waals surface area contributed by atoms with Crippen LogP contribution >= 0.6 is 0 Å². The van der Waals surface area contributed by atoms with Gasteiger partial charge < -0.3 is 10.6 Å². The molecule has 66 valence electrons. The van der Waals surface area contributed by atoms with E-state index >= 15 is 0 Å². The quantitative estimate of drug-likeness (QED) is 0.603. The van der Waals surface area contributed by atoms with E-state index in [-0.39, 0.29) is 0 Å². The number of hydrogen-bond acceptors (Lipinski definition) is 2. The summed E-state index contributed by atoms with van der Waals surface area (Å²) < 4.78 is 0.